The Morgan fingerprint density at radius 2 is 2.06 bits per heavy atom. The van der Waals surface area contributed by atoms with Crippen LogP contribution >= 0.6 is 0 Å². The highest BCUT2D eigenvalue weighted by Crippen LogP contribution is 2.02. The Kier molecular flexibility index (Phi) is 2.62. The fourth-order valence-electron chi connectivity index (χ4n) is 1.82. The molecule has 0 spiro atoms. The van der Waals surface area contributed by atoms with Crippen LogP contribution in [0.2, 0.25) is 0 Å². The molecule has 7 nitrogen and oxygen atoms in total. The third-order valence-corrected chi connectivity index (χ3v) is 2.65. The van der Waals surface area contributed by atoms with Gasteiger partial charge in [0, 0.05) is 14.1 Å². The zero-order valence-corrected chi connectivity index (χ0v) is 9.91. The smallest absolute Gasteiger partial charge is 0.332 e. The summed E-state index contributed by atoms with van der Waals surface area (Å²) in [5, 5.41) is 9.31. The average Bonchev–Trinajstić information content (AvgIpc) is 2.63. The van der Waals surface area contributed by atoms with Gasteiger partial charge in [0.15, 0.2) is 11.2 Å². The van der Waals surface area contributed by atoms with Crippen LogP contribution in [0, 0.1) is 0 Å². The largest absolute Gasteiger partial charge is 0.392 e. The van der Waals surface area contributed by atoms with Crippen molar-refractivity contribution in [3.8, 4) is 0 Å². The van der Waals surface area contributed by atoms with Crippen LogP contribution in [0.3, 0.4) is 0 Å². The van der Waals surface area contributed by atoms with Gasteiger partial charge in [-0.25, -0.2) is 9.78 Å². The number of rotatable bonds is 2. The lowest BCUT2D eigenvalue weighted by atomic mass is 10.4. The van der Waals surface area contributed by atoms with Gasteiger partial charge < -0.3 is 9.67 Å². The summed E-state index contributed by atoms with van der Waals surface area (Å²) in [6, 6.07) is 0. The molecule has 0 aliphatic carbocycles. The van der Waals surface area contributed by atoms with Crippen LogP contribution in [-0.4, -0.2) is 29.9 Å². The van der Waals surface area contributed by atoms with E-state index in [2.05, 4.69) is 4.98 Å². The van der Waals surface area contributed by atoms with Gasteiger partial charge >= 0.3 is 5.69 Å². The maximum Gasteiger partial charge on any atom is 0.332 e. The molecule has 1 N–H and O–H groups in total. The zero-order chi connectivity index (χ0) is 12.7. The quantitative estimate of drug-likeness (QED) is 0.713. The molecule has 0 aromatic carbocycles. The molecule has 92 valence electrons. The van der Waals surface area contributed by atoms with Crippen LogP contribution in [0.1, 0.15) is 6.92 Å². The molecule has 0 saturated carbocycles. The highest BCUT2D eigenvalue weighted by molar-refractivity contribution is 5.69. The van der Waals surface area contributed by atoms with Crippen molar-refractivity contribution in [2.45, 2.75) is 19.6 Å². The SMILES string of the molecule is C[C@@H](O)Cn1c(=O)c2c(ncn2C)n(C)c1=O. The number of nitrogens with zero attached hydrogens (tertiary/aromatic N) is 4. The van der Waals surface area contributed by atoms with Gasteiger partial charge in [0.25, 0.3) is 5.56 Å². The van der Waals surface area contributed by atoms with Crippen LogP contribution in [-0.2, 0) is 20.6 Å². The minimum Gasteiger partial charge on any atom is -0.392 e. The standard InChI is InChI=1S/C10H14N4O3/c1-6(15)4-14-9(16)7-8(11-5-12(7)2)13(3)10(14)17/h5-6,15H,4H2,1-3H3/t6-/m1/s1. The number of aromatic nitrogens is 4. The molecule has 17 heavy (non-hydrogen) atoms. The molecule has 2 aromatic rings. The maximum absolute atomic E-state index is 12.1. The van der Waals surface area contributed by atoms with Crippen molar-refractivity contribution in [1.29, 1.82) is 0 Å². The van der Waals surface area contributed by atoms with E-state index < -0.39 is 17.4 Å². The summed E-state index contributed by atoms with van der Waals surface area (Å²) in [5.74, 6) is 0. The Hall–Kier alpha value is -1.89. The third-order valence-electron chi connectivity index (χ3n) is 2.65. The van der Waals surface area contributed by atoms with Gasteiger partial charge in [0.2, 0.25) is 0 Å². The first-order valence-electron chi connectivity index (χ1n) is 5.22. The van der Waals surface area contributed by atoms with Gasteiger partial charge in [-0.2, -0.15) is 0 Å². The minimum atomic E-state index is -0.758. The number of hydrogen-bond donors (Lipinski definition) is 1. The second-order valence-corrected chi connectivity index (χ2v) is 4.13. The molecular weight excluding hydrogens is 224 g/mol. The van der Waals surface area contributed by atoms with Crippen molar-refractivity contribution >= 4 is 11.2 Å². The molecule has 0 fully saturated rings. The second kappa shape index (κ2) is 3.85. The number of aryl methyl sites for hydroxylation is 2. The van der Waals surface area contributed by atoms with E-state index in [-0.39, 0.29) is 6.54 Å². The molecule has 0 radical (unpaired) electrons. The van der Waals surface area contributed by atoms with E-state index in [4.69, 9.17) is 0 Å². The maximum atomic E-state index is 12.1. The summed E-state index contributed by atoms with van der Waals surface area (Å²) >= 11 is 0. The lowest BCUT2D eigenvalue weighted by molar-refractivity contribution is 0.170. The fourth-order valence-corrected chi connectivity index (χ4v) is 1.82. The molecule has 1 atom stereocenters. The van der Waals surface area contributed by atoms with E-state index in [0.29, 0.717) is 11.2 Å². The summed E-state index contributed by atoms with van der Waals surface area (Å²) in [5.41, 5.74) is -0.191. The van der Waals surface area contributed by atoms with Crippen molar-refractivity contribution in [2.24, 2.45) is 14.1 Å². The predicted molar refractivity (Wildman–Crippen MR) is 61.9 cm³/mol. The predicted octanol–water partition coefficient (Wildman–Crippen LogP) is -1.19. The first-order valence-corrected chi connectivity index (χ1v) is 5.22. The van der Waals surface area contributed by atoms with Gasteiger partial charge in [0.05, 0.1) is 19.0 Å². The molecule has 0 saturated heterocycles. The molecule has 2 aromatic heterocycles. The molecule has 0 amide bonds. The van der Waals surface area contributed by atoms with E-state index in [1.165, 1.54) is 17.8 Å². The van der Waals surface area contributed by atoms with Crippen LogP contribution in [0.15, 0.2) is 15.9 Å². The van der Waals surface area contributed by atoms with Crippen molar-refractivity contribution in [2.75, 3.05) is 0 Å². The number of aliphatic hydroxyl groups is 1. The fraction of sp³-hybridized carbons (Fsp3) is 0.500. The Bertz CT molecular complexity index is 677. The van der Waals surface area contributed by atoms with E-state index in [9.17, 15) is 14.7 Å². The van der Waals surface area contributed by atoms with Crippen molar-refractivity contribution in [3.05, 3.63) is 27.2 Å². The van der Waals surface area contributed by atoms with Crippen molar-refractivity contribution < 1.29 is 5.11 Å². The number of hydrogen-bond acceptors (Lipinski definition) is 4. The lowest BCUT2D eigenvalue weighted by Crippen LogP contribution is -2.41. The summed E-state index contributed by atoms with van der Waals surface area (Å²) in [6.07, 6.45) is 0.726. The van der Waals surface area contributed by atoms with Gasteiger partial charge in [-0.05, 0) is 6.92 Å². The average molecular weight is 238 g/mol. The van der Waals surface area contributed by atoms with E-state index in [1.807, 2.05) is 0 Å². The topological polar surface area (TPSA) is 82.1 Å². The van der Waals surface area contributed by atoms with Crippen molar-refractivity contribution in [1.82, 2.24) is 18.7 Å². The first kappa shape index (κ1) is 11.6. The highest BCUT2D eigenvalue weighted by atomic mass is 16.3. The van der Waals surface area contributed by atoms with Gasteiger partial charge in [-0.3, -0.25) is 13.9 Å². The summed E-state index contributed by atoms with van der Waals surface area (Å²) in [4.78, 5) is 28.0. The molecular formula is C10H14N4O3. The minimum absolute atomic E-state index is 0.0212. The van der Waals surface area contributed by atoms with Crippen LogP contribution in [0.4, 0.5) is 0 Å². The van der Waals surface area contributed by atoms with E-state index in [1.54, 1.807) is 18.7 Å². The lowest BCUT2D eigenvalue weighted by Gasteiger charge is -2.09. The molecule has 7 heteroatoms. The first-order chi connectivity index (χ1) is 7.93. The Balaban J connectivity index is 2.90. The Morgan fingerprint density at radius 3 is 2.65 bits per heavy atom. The van der Waals surface area contributed by atoms with E-state index >= 15 is 0 Å². The third kappa shape index (κ3) is 1.68. The molecule has 0 bridgehead atoms. The summed E-state index contributed by atoms with van der Waals surface area (Å²) < 4.78 is 3.89. The van der Waals surface area contributed by atoms with Crippen molar-refractivity contribution in [3.63, 3.8) is 0 Å². The molecule has 0 unspecified atom stereocenters. The molecule has 2 rings (SSSR count). The molecule has 0 aliphatic rings. The van der Waals surface area contributed by atoms with Gasteiger partial charge in [0.1, 0.15) is 0 Å². The molecule has 2 heterocycles. The van der Waals surface area contributed by atoms with E-state index in [0.717, 1.165) is 4.57 Å². The van der Waals surface area contributed by atoms with Gasteiger partial charge in [-0.1, -0.05) is 0 Å². The summed E-state index contributed by atoms with van der Waals surface area (Å²) in [6.45, 7) is 1.51. The van der Waals surface area contributed by atoms with Crippen LogP contribution in [0.25, 0.3) is 11.2 Å². The second-order valence-electron chi connectivity index (χ2n) is 4.13. The normalized spacial score (nSPS) is 13.2. The Labute approximate surface area is 96.6 Å². The van der Waals surface area contributed by atoms with Crippen LogP contribution in [0.5, 0.6) is 0 Å². The van der Waals surface area contributed by atoms with Gasteiger partial charge in [-0.15, -0.1) is 0 Å². The number of imidazole rings is 1. The molecule has 0 aliphatic heterocycles. The zero-order valence-electron chi connectivity index (χ0n) is 9.91. The Morgan fingerprint density at radius 1 is 1.41 bits per heavy atom. The summed E-state index contributed by atoms with van der Waals surface area (Å²) in [7, 11) is 3.24. The number of fused-ring (bicyclic) bond motifs is 1. The number of aliphatic hydroxyl groups excluding tert-OH is 1. The van der Waals surface area contributed by atoms with Crippen LogP contribution < -0.4 is 11.2 Å². The monoisotopic (exact) mass is 238 g/mol. The highest BCUT2D eigenvalue weighted by Gasteiger charge is 2.15.